The maximum atomic E-state index is 5.51. The molecule has 15 rings (SSSR count). The van der Waals surface area contributed by atoms with Gasteiger partial charge in [0.1, 0.15) is 0 Å². The van der Waals surface area contributed by atoms with Crippen LogP contribution in [0.4, 0.5) is 0 Å². The fraction of sp³-hybridized carbons (Fsp3) is 0.0137. The van der Waals surface area contributed by atoms with Crippen LogP contribution in [0, 0.1) is 0 Å². The molecular formula is C73H46N4. The molecular weight excluding hydrogens is 933 g/mol. The van der Waals surface area contributed by atoms with Crippen LogP contribution in [0.25, 0.3) is 122 Å². The maximum Gasteiger partial charge on any atom is 0.0972 e. The van der Waals surface area contributed by atoms with Gasteiger partial charge < -0.3 is 0 Å². The second-order valence-corrected chi connectivity index (χ2v) is 20.1. The van der Waals surface area contributed by atoms with Gasteiger partial charge in [-0.15, -0.1) is 0 Å². The number of hydrogen-bond acceptors (Lipinski definition) is 4. The van der Waals surface area contributed by atoms with Crippen molar-refractivity contribution in [3.63, 3.8) is 0 Å². The van der Waals surface area contributed by atoms with Crippen LogP contribution < -0.4 is 0 Å². The van der Waals surface area contributed by atoms with Crippen molar-refractivity contribution >= 4 is 43.6 Å². The summed E-state index contributed by atoms with van der Waals surface area (Å²) in [5, 5.41) is 4.25. The lowest BCUT2D eigenvalue weighted by Crippen LogP contribution is -2.29. The minimum absolute atomic E-state index is 0.794. The summed E-state index contributed by atoms with van der Waals surface area (Å²) in [6, 6.07) is 96.6. The fourth-order valence-electron chi connectivity index (χ4n) is 12.2. The SMILES string of the molecule is c1ccc(-c2ccc3c(c2)C(c2cccc(-c4ccc5ccc6c(-c7ccccc7)ccnc6c5n4)c2)(c2cccc(-c4ccc5ccc6c(-c7ccccc7)ccnc6c5n4)c2)c2cc(-c4ccccc4)ccc2-3)cc1. The Morgan fingerprint density at radius 3 is 1.06 bits per heavy atom. The smallest absolute Gasteiger partial charge is 0.0972 e. The summed E-state index contributed by atoms with van der Waals surface area (Å²) in [5.41, 5.74) is 22.9. The number of nitrogens with zero attached hydrogens (tertiary/aromatic N) is 4. The lowest BCUT2D eigenvalue weighted by atomic mass is 9.66. The van der Waals surface area contributed by atoms with Crippen LogP contribution >= 0.6 is 0 Å². The van der Waals surface area contributed by atoms with Gasteiger partial charge in [0.25, 0.3) is 0 Å². The predicted molar refractivity (Wildman–Crippen MR) is 318 cm³/mol. The Balaban J connectivity index is 0.970. The quantitative estimate of drug-likeness (QED) is 0.142. The van der Waals surface area contributed by atoms with E-state index in [0.717, 1.165) is 111 Å². The van der Waals surface area contributed by atoms with Crippen LogP contribution in [-0.2, 0) is 5.41 Å². The number of aromatic nitrogens is 4. The van der Waals surface area contributed by atoms with Gasteiger partial charge in [0.05, 0.1) is 38.9 Å². The zero-order valence-electron chi connectivity index (χ0n) is 41.8. The van der Waals surface area contributed by atoms with Crippen LogP contribution in [0.1, 0.15) is 22.3 Å². The summed E-state index contributed by atoms with van der Waals surface area (Å²) >= 11 is 0. The molecule has 0 bridgehead atoms. The van der Waals surface area contributed by atoms with Crippen LogP contribution in [0.2, 0.25) is 0 Å². The minimum atomic E-state index is -0.794. The number of pyridine rings is 4. The molecule has 14 aromatic rings. The molecule has 358 valence electrons. The third-order valence-electron chi connectivity index (χ3n) is 15.8. The molecule has 1 aliphatic carbocycles. The Bertz CT molecular complexity index is 4310. The maximum absolute atomic E-state index is 5.51. The first-order valence-electron chi connectivity index (χ1n) is 26.3. The van der Waals surface area contributed by atoms with Gasteiger partial charge in [-0.2, -0.15) is 0 Å². The Morgan fingerprint density at radius 2 is 0.636 bits per heavy atom. The Labute approximate surface area is 446 Å². The van der Waals surface area contributed by atoms with Gasteiger partial charge in [0.2, 0.25) is 0 Å². The highest BCUT2D eigenvalue weighted by atomic mass is 14.8. The van der Waals surface area contributed by atoms with Crippen molar-refractivity contribution in [2.24, 2.45) is 0 Å². The molecule has 0 aliphatic heterocycles. The lowest BCUT2D eigenvalue weighted by molar-refractivity contribution is 0.769. The molecule has 0 amide bonds. The summed E-state index contributed by atoms with van der Waals surface area (Å²) in [5.74, 6) is 0. The zero-order valence-corrected chi connectivity index (χ0v) is 41.8. The average Bonchev–Trinajstić information content (AvgIpc) is 4.00. The molecule has 0 N–H and O–H groups in total. The second kappa shape index (κ2) is 18.0. The third kappa shape index (κ3) is 7.29. The van der Waals surface area contributed by atoms with Crippen LogP contribution in [0.3, 0.4) is 0 Å². The van der Waals surface area contributed by atoms with Crippen LogP contribution in [0.15, 0.2) is 279 Å². The lowest BCUT2D eigenvalue weighted by Gasteiger charge is -2.35. The second-order valence-electron chi connectivity index (χ2n) is 20.1. The first-order chi connectivity index (χ1) is 38.2. The highest BCUT2D eigenvalue weighted by Crippen LogP contribution is 2.58. The summed E-state index contributed by atoms with van der Waals surface area (Å²) in [7, 11) is 0. The molecule has 0 unspecified atom stereocenters. The van der Waals surface area contributed by atoms with E-state index in [-0.39, 0.29) is 0 Å². The molecule has 10 aromatic carbocycles. The molecule has 0 saturated carbocycles. The predicted octanol–water partition coefficient (Wildman–Crippen LogP) is 18.2. The first kappa shape index (κ1) is 44.3. The number of fused-ring (bicyclic) bond motifs is 9. The molecule has 4 aromatic heterocycles. The van der Waals surface area contributed by atoms with E-state index in [9.17, 15) is 0 Å². The molecule has 1 aliphatic rings. The van der Waals surface area contributed by atoms with E-state index in [2.05, 4.69) is 267 Å². The first-order valence-corrected chi connectivity index (χ1v) is 26.3. The summed E-state index contributed by atoms with van der Waals surface area (Å²) in [4.78, 5) is 21.0. The van der Waals surface area contributed by atoms with Gasteiger partial charge in [-0.3, -0.25) is 9.97 Å². The van der Waals surface area contributed by atoms with Gasteiger partial charge in [-0.1, -0.05) is 218 Å². The monoisotopic (exact) mass is 978 g/mol. The molecule has 0 spiro atoms. The zero-order chi connectivity index (χ0) is 50.9. The van der Waals surface area contributed by atoms with Gasteiger partial charge in [0.15, 0.2) is 0 Å². The summed E-state index contributed by atoms with van der Waals surface area (Å²) in [6.07, 6.45) is 3.82. The Kier molecular flexibility index (Phi) is 10.4. The molecule has 4 nitrogen and oxygen atoms in total. The van der Waals surface area contributed by atoms with Gasteiger partial charge in [0, 0.05) is 45.1 Å². The standard InChI is InChI=1S/C73H46N4/c1-5-15-47(16-6-1)53-29-33-61-62-34-30-54(48-17-7-2-8-18-48)46-66(62)73(65(61)45-53,57-25-13-23-55(43-57)67-37-31-51-27-35-63-59(49-19-9-3-10-20-49)39-41-74-71(63)69(51)76-67)58-26-14-24-56(44-58)68-38-32-52-28-36-64-60(50-21-11-4-12-22-50)40-42-75-72(64)70(52)77-68/h1-46H. The largest absolute Gasteiger partial charge is 0.254 e. The van der Waals surface area contributed by atoms with Gasteiger partial charge in [-0.25, -0.2) is 9.97 Å². The van der Waals surface area contributed by atoms with Crippen molar-refractivity contribution in [2.45, 2.75) is 5.41 Å². The average molecular weight is 979 g/mol. The van der Waals surface area contributed by atoms with Gasteiger partial charge in [-0.05, 0) is 126 Å². The highest BCUT2D eigenvalue weighted by molar-refractivity contribution is 6.10. The molecule has 0 radical (unpaired) electrons. The topological polar surface area (TPSA) is 51.6 Å². The molecule has 0 atom stereocenters. The molecule has 0 fully saturated rings. The van der Waals surface area contributed by atoms with Crippen LogP contribution in [0.5, 0.6) is 0 Å². The van der Waals surface area contributed by atoms with E-state index in [1.807, 2.05) is 12.4 Å². The van der Waals surface area contributed by atoms with Crippen molar-refractivity contribution in [3.05, 3.63) is 302 Å². The van der Waals surface area contributed by atoms with Crippen molar-refractivity contribution in [1.82, 2.24) is 19.9 Å². The normalized spacial score (nSPS) is 12.5. The number of benzene rings is 10. The van der Waals surface area contributed by atoms with Crippen LogP contribution in [-0.4, -0.2) is 19.9 Å². The Hall–Kier alpha value is -10.2. The van der Waals surface area contributed by atoms with Crippen molar-refractivity contribution < 1.29 is 0 Å². The van der Waals surface area contributed by atoms with Crippen molar-refractivity contribution in [3.8, 4) is 78.1 Å². The number of hydrogen-bond donors (Lipinski definition) is 0. The van der Waals surface area contributed by atoms with E-state index in [0.29, 0.717) is 0 Å². The summed E-state index contributed by atoms with van der Waals surface area (Å²) < 4.78 is 0. The van der Waals surface area contributed by atoms with Crippen molar-refractivity contribution in [2.75, 3.05) is 0 Å². The molecule has 0 saturated heterocycles. The van der Waals surface area contributed by atoms with Gasteiger partial charge >= 0.3 is 0 Å². The molecule has 4 heterocycles. The van der Waals surface area contributed by atoms with E-state index in [4.69, 9.17) is 19.9 Å². The number of rotatable bonds is 8. The van der Waals surface area contributed by atoms with E-state index < -0.39 is 5.41 Å². The Morgan fingerprint density at radius 1 is 0.247 bits per heavy atom. The molecule has 77 heavy (non-hydrogen) atoms. The van der Waals surface area contributed by atoms with E-state index in [1.165, 1.54) is 33.4 Å². The summed E-state index contributed by atoms with van der Waals surface area (Å²) in [6.45, 7) is 0. The van der Waals surface area contributed by atoms with E-state index in [1.54, 1.807) is 0 Å². The molecule has 4 heteroatoms. The third-order valence-corrected chi connectivity index (χ3v) is 15.8. The van der Waals surface area contributed by atoms with E-state index >= 15 is 0 Å². The fourth-order valence-corrected chi connectivity index (χ4v) is 12.2. The highest BCUT2D eigenvalue weighted by Gasteiger charge is 2.47. The van der Waals surface area contributed by atoms with Crippen molar-refractivity contribution in [1.29, 1.82) is 0 Å². The minimum Gasteiger partial charge on any atom is -0.254 e.